The number of urea groups is 1. The summed E-state index contributed by atoms with van der Waals surface area (Å²) in [6.45, 7) is 7.02. The summed E-state index contributed by atoms with van der Waals surface area (Å²) in [7, 11) is 2.05. The lowest BCUT2D eigenvalue weighted by Crippen LogP contribution is -2.48. The van der Waals surface area contributed by atoms with Crippen molar-refractivity contribution in [3.63, 3.8) is 0 Å². The number of hydrogen-bond acceptors (Lipinski definition) is 3. The van der Waals surface area contributed by atoms with Gasteiger partial charge in [-0.2, -0.15) is 0 Å². The maximum absolute atomic E-state index is 13.1. The third kappa shape index (κ3) is 4.75. The molecule has 3 aromatic rings. The molecule has 1 fully saturated rings. The largest absolute Gasteiger partial charge is 0.345 e. The lowest BCUT2D eigenvalue weighted by molar-refractivity contribution is 0.0939. The standard InChI is InChI=1S/C26H30N4O2/c1-18-11-12-21(28-26(32)30-15-13-29(3)14-16-30)17-24(18)25(31)27-19(2)22-10-6-8-20-7-4-5-9-23(20)22/h4-12,17,19H,13-16H2,1-3H3,(H,27,31)(H,28,32)/t19-/m1/s1. The third-order valence-corrected chi connectivity index (χ3v) is 6.16. The second-order valence-electron chi connectivity index (χ2n) is 8.51. The fourth-order valence-corrected chi connectivity index (χ4v) is 4.14. The molecule has 4 rings (SSSR count). The van der Waals surface area contributed by atoms with Crippen LogP contribution in [0.15, 0.2) is 60.7 Å². The van der Waals surface area contributed by atoms with Crippen molar-refractivity contribution in [3.8, 4) is 0 Å². The summed E-state index contributed by atoms with van der Waals surface area (Å²) in [4.78, 5) is 29.8. The molecule has 2 N–H and O–H groups in total. The van der Waals surface area contributed by atoms with E-state index in [2.05, 4.69) is 40.8 Å². The average molecular weight is 431 g/mol. The van der Waals surface area contributed by atoms with Crippen LogP contribution in [0.25, 0.3) is 10.8 Å². The SMILES string of the molecule is Cc1ccc(NC(=O)N2CCN(C)CC2)cc1C(=O)N[C@H](C)c1cccc2ccccc12. The summed E-state index contributed by atoms with van der Waals surface area (Å²) in [6.07, 6.45) is 0. The van der Waals surface area contributed by atoms with Gasteiger partial charge in [-0.05, 0) is 54.9 Å². The molecular weight excluding hydrogens is 400 g/mol. The highest BCUT2D eigenvalue weighted by molar-refractivity contribution is 5.98. The van der Waals surface area contributed by atoms with Gasteiger partial charge in [0, 0.05) is 37.4 Å². The van der Waals surface area contributed by atoms with E-state index in [9.17, 15) is 9.59 Å². The summed E-state index contributed by atoms with van der Waals surface area (Å²) < 4.78 is 0. The van der Waals surface area contributed by atoms with Crippen molar-refractivity contribution in [1.29, 1.82) is 0 Å². The minimum atomic E-state index is -0.156. The van der Waals surface area contributed by atoms with Crippen LogP contribution < -0.4 is 10.6 Å². The van der Waals surface area contributed by atoms with Crippen LogP contribution in [0, 0.1) is 6.92 Å². The Morgan fingerprint density at radius 2 is 1.66 bits per heavy atom. The topological polar surface area (TPSA) is 64.7 Å². The Bertz CT molecular complexity index is 1130. The zero-order chi connectivity index (χ0) is 22.7. The van der Waals surface area contributed by atoms with Crippen molar-refractivity contribution in [2.24, 2.45) is 0 Å². The molecule has 3 aromatic carbocycles. The number of carbonyl (C=O) groups excluding carboxylic acids is 2. The molecule has 1 atom stereocenters. The number of piperazine rings is 1. The Kier molecular flexibility index (Phi) is 6.42. The maximum atomic E-state index is 13.1. The van der Waals surface area contributed by atoms with E-state index in [4.69, 9.17) is 0 Å². The number of rotatable bonds is 4. The maximum Gasteiger partial charge on any atom is 0.321 e. The Morgan fingerprint density at radius 3 is 2.44 bits per heavy atom. The van der Waals surface area contributed by atoms with Gasteiger partial charge < -0.3 is 20.4 Å². The number of anilines is 1. The highest BCUT2D eigenvalue weighted by Crippen LogP contribution is 2.25. The molecule has 0 aliphatic carbocycles. The van der Waals surface area contributed by atoms with Gasteiger partial charge in [-0.3, -0.25) is 4.79 Å². The molecule has 0 spiro atoms. The number of aryl methyl sites for hydroxylation is 1. The molecule has 0 bridgehead atoms. The van der Waals surface area contributed by atoms with Gasteiger partial charge in [-0.25, -0.2) is 4.79 Å². The smallest absolute Gasteiger partial charge is 0.321 e. The summed E-state index contributed by atoms with van der Waals surface area (Å²) in [5.41, 5.74) is 3.13. The van der Waals surface area contributed by atoms with Crippen molar-refractivity contribution >= 4 is 28.4 Å². The average Bonchev–Trinajstić information content (AvgIpc) is 2.80. The number of carbonyl (C=O) groups is 2. The number of fused-ring (bicyclic) bond motifs is 1. The van der Waals surface area contributed by atoms with Crippen LogP contribution in [0.4, 0.5) is 10.5 Å². The Hall–Kier alpha value is -3.38. The van der Waals surface area contributed by atoms with Gasteiger partial charge in [-0.15, -0.1) is 0 Å². The molecule has 6 heteroatoms. The fraction of sp³-hybridized carbons (Fsp3) is 0.308. The Labute approximate surface area is 189 Å². The molecule has 3 amide bonds. The molecule has 0 radical (unpaired) electrons. The van der Waals surface area contributed by atoms with Crippen molar-refractivity contribution in [2.75, 3.05) is 38.5 Å². The summed E-state index contributed by atoms with van der Waals surface area (Å²) >= 11 is 0. The number of nitrogens with zero attached hydrogens (tertiary/aromatic N) is 2. The monoisotopic (exact) mass is 430 g/mol. The van der Waals surface area contributed by atoms with Crippen molar-refractivity contribution < 1.29 is 9.59 Å². The molecule has 1 aliphatic rings. The first kappa shape index (κ1) is 21.8. The highest BCUT2D eigenvalue weighted by Gasteiger charge is 2.20. The van der Waals surface area contributed by atoms with E-state index in [1.807, 2.05) is 55.1 Å². The Balaban J connectivity index is 1.48. The van der Waals surface area contributed by atoms with Crippen LogP contribution in [-0.2, 0) is 0 Å². The molecule has 0 unspecified atom stereocenters. The van der Waals surface area contributed by atoms with Crippen LogP contribution in [0.3, 0.4) is 0 Å². The van der Waals surface area contributed by atoms with Crippen molar-refractivity contribution in [1.82, 2.24) is 15.1 Å². The molecule has 1 aliphatic heterocycles. The molecule has 6 nitrogen and oxygen atoms in total. The summed E-state index contributed by atoms with van der Waals surface area (Å²) in [6, 6.07) is 19.5. The van der Waals surface area contributed by atoms with Gasteiger partial charge >= 0.3 is 6.03 Å². The van der Waals surface area contributed by atoms with E-state index in [1.54, 1.807) is 6.07 Å². The molecule has 1 saturated heterocycles. The molecule has 0 saturated carbocycles. The van der Waals surface area contributed by atoms with Crippen molar-refractivity contribution in [2.45, 2.75) is 19.9 Å². The van der Waals surface area contributed by atoms with E-state index in [0.29, 0.717) is 24.3 Å². The number of nitrogens with one attached hydrogen (secondary N) is 2. The first-order valence-electron chi connectivity index (χ1n) is 11.1. The molecular formula is C26H30N4O2. The van der Waals surface area contributed by atoms with Gasteiger partial charge in [0.25, 0.3) is 5.91 Å². The van der Waals surface area contributed by atoms with E-state index >= 15 is 0 Å². The van der Waals surface area contributed by atoms with Crippen LogP contribution in [0.1, 0.15) is 34.5 Å². The highest BCUT2D eigenvalue weighted by atomic mass is 16.2. The van der Waals surface area contributed by atoms with Crippen LogP contribution in [-0.4, -0.2) is 55.0 Å². The number of hydrogen-bond donors (Lipinski definition) is 2. The zero-order valence-electron chi connectivity index (χ0n) is 18.9. The number of likely N-dealkylation sites (N-methyl/N-ethyl adjacent to an activating group) is 1. The minimum absolute atomic E-state index is 0.127. The van der Waals surface area contributed by atoms with Gasteiger partial charge in [0.1, 0.15) is 0 Å². The zero-order valence-corrected chi connectivity index (χ0v) is 18.9. The van der Waals surface area contributed by atoms with Crippen LogP contribution >= 0.6 is 0 Å². The van der Waals surface area contributed by atoms with E-state index in [1.165, 1.54) is 0 Å². The molecule has 32 heavy (non-hydrogen) atoms. The second-order valence-corrected chi connectivity index (χ2v) is 8.51. The predicted octanol–water partition coefficient (Wildman–Crippen LogP) is 4.42. The molecule has 1 heterocycles. The van der Waals surface area contributed by atoms with Crippen LogP contribution in [0.5, 0.6) is 0 Å². The second kappa shape index (κ2) is 9.40. The lowest BCUT2D eigenvalue weighted by Gasteiger charge is -2.32. The minimum Gasteiger partial charge on any atom is -0.345 e. The summed E-state index contributed by atoms with van der Waals surface area (Å²) in [5.74, 6) is -0.154. The fourth-order valence-electron chi connectivity index (χ4n) is 4.14. The van der Waals surface area contributed by atoms with Gasteiger partial charge in [0.15, 0.2) is 0 Å². The number of amides is 3. The van der Waals surface area contributed by atoms with E-state index < -0.39 is 0 Å². The van der Waals surface area contributed by atoms with Gasteiger partial charge in [-0.1, -0.05) is 48.5 Å². The first-order chi connectivity index (χ1) is 15.4. The predicted molar refractivity (Wildman–Crippen MR) is 129 cm³/mol. The molecule has 0 aromatic heterocycles. The normalized spacial score (nSPS) is 15.4. The molecule has 166 valence electrons. The number of benzene rings is 3. The third-order valence-electron chi connectivity index (χ3n) is 6.16. The van der Waals surface area contributed by atoms with Gasteiger partial charge in [0.2, 0.25) is 0 Å². The van der Waals surface area contributed by atoms with Gasteiger partial charge in [0.05, 0.1) is 6.04 Å². The van der Waals surface area contributed by atoms with E-state index in [-0.39, 0.29) is 18.0 Å². The summed E-state index contributed by atoms with van der Waals surface area (Å²) in [5, 5.41) is 8.35. The van der Waals surface area contributed by atoms with Crippen molar-refractivity contribution in [3.05, 3.63) is 77.4 Å². The Morgan fingerprint density at radius 1 is 0.938 bits per heavy atom. The lowest BCUT2D eigenvalue weighted by atomic mass is 9.99. The van der Waals surface area contributed by atoms with Crippen LogP contribution in [0.2, 0.25) is 0 Å². The van der Waals surface area contributed by atoms with E-state index in [0.717, 1.165) is 35.0 Å². The first-order valence-corrected chi connectivity index (χ1v) is 11.1. The quantitative estimate of drug-likeness (QED) is 0.644.